The molecule has 0 amide bonds. The van der Waals surface area contributed by atoms with Crippen LogP contribution in [0.25, 0.3) is 22.5 Å². The lowest BCUT2D eigenvalue weighted by atomic mass is 10.0. The Balaban J connectivity index is 2.11. The van der Waals surface area contributed by atoms with E-state index in [0.29, 0.717) is 6.54 Å². The van der Waals surface area contributed by atoms with Crippen LogP contribution in [-0.2, 0) is 13.6 Å². The molecule has 21 heavy (non-hydrogen) atoms. The van der Waals surface area contributed by atoms with Gasteiger partial charge in [0.2, 0.25) is 0 Å². The van der Waals surface area contributed by atoms with Gasteiger partial charge in [0.05, 0.1) is 23.8 Å². The fourth-order valence-corrected chi connectivity index (χ4v) is 2.38. The van der Waals surface area contributed by atoms with Crippen LogP contribution in [0.5, 0.6) is 0 Å². The number of aromatic nitrogens is 4. The van der Waals surface area contributed by atoms with Crippen molar-refractivity contribution in [2.24, 2.45) is 12.8 Å². The third-order valence-electron chi connectivity index (χ3n) is 3.60. The summed E-state index contributed by atoms with van der Waals surface area (Å²) in [6.07, 6.45) is 3.62. The zero-order valence-electron chi connectivity index (χ0n) is 12.1. The van der Waals surface area contributed by atoms with Gasteiger partial charge in [-0.3, -0.25) is 9.36 Å². The molecular weight excluding hydrogens is 264 g/mol. The minimum Gasteiger partial charge on any atom is -0.338 e. The number of nitrogens with zero attached hydrogens (tertiary/aromatic N) is 4. The Hall–Kier alpha value is -2.60. The average molecular weight is 282 g/mol. The van der Waals surface area contributed by atoms with Crippen molar-refractivity contribution in [1.29, 1.82) is 0 Å². The molecule has 0 saturated heterocycles. The summed E-state index contributed by atoms with van der Waals surface area (Å²) < 4.78 is 3.36. The van der Waals surface area contributed by atoms with Gasteiger partial charge < -0.3 is 11.6 Å². The van der Waals surface area contributed by atoms with Crippen molar-refractivity contribution >= 4 is 0 Å². The molecule has 3 rings (SSSR count). The van der Waals surface area contributed by atoms with Crippen LogP contribution in [0.2, 0.25) is 0 Å². The van der Waals surface area contributed by atoms with Gasteiger partial charge in [0.1, 0.15) is 5.82 Å². The van der Waals surface area contributed by atoms with Gasteiger partial charge >= 0.3 is 0 Å². The minimum atomic E-state index is 0.537. The largest absolute Gasteiger partial charge is 0.338 e. The molecule has 0 fully saturated rings. The number of rotatable bonds is 3. The second kappa shape index (κ2) is 5.06. The Kier molecular flexibility index (Phi) is 3.23. The van der Waals surface area contributed by atoms with E-state index < -0.39 is 0 Å². The highest BCUT2D eigenvalue weighted by Gasteiger charge is 2.15. The molecule has 6 nitrogen and oxygen atoms in total. The number of hydrogen-bond donors (Lipinski definition) is 2. The van der Waals surface area contributed by atoms with E-state index in [-0.39, 0.29) is 0 Å². The van der Waals surface area contributed by atoms with E-state index >= 15 is 0 Å². The van der Waals surface area contributed by atoms with Crippen molar-refractivity contribution < 1.29 is 0 Å². The van der Waals surface area contributed by atoms with E-state index in [9.17, 15) is 0 Å². The summed E-state index contributed by atoms with van der Waals surface area (Å²) in [5, 5.41) is 4.35. The van der Waals surface area contributed by atoms with Gasteiger partial charge in [-0.25, -0.2) is 4.98 Å². The molecule has 0 aliphatic heterocycles. The Labute approximate surface area is 123 Å². The number of aryl methyl sites for hydroxylation is 2. The molecule has 0 unspecified atom stereocenters. The highest BCUT2D eigenvalue weighted by Crippen LogP contribution is 2.30. The first kappa shape index (κ1) is 13.4. The van der Waals surface area contributed by atoms with Crippen molar-refractivity contribution in [3.63, 3.8) is 0 Å². The van der Waals surface area contributed by atoms with E-state index in [4.69, 9.17) is 11.6 Å². The van der Waals surface area contributed by atoms with Gasteiger partial charge in [-0.2, -0.15) is 5.10 Å². The smallest absolute Gasteiger partial charge is 0.124 e. The molecule has 0 atom stereocenters. The normalized spacial score (nSPS) is 11.0. The Morgan fingerprint density at radius 3 is 2.48 bits per heavy atom. The molecule has 4 N–H and O–H groups in total. The molecule has 0 saturated carbocycles. The number of hydrogen-bond acceptors (Lipinski definition) is 4. The number of imidazole rings is 1. The Morgan fingerprint density at radius 2 is 1.90 bits per heavy atom. The summed E-state index contributed by atoms with van der Waals surface area (Å²) in [5.41, 5.74) is 10.6. The molecule has 1 aromatic carbocycles. The summed E-state index contributed by atoms with van der Waals surface area (Å²) in [5.74, 6) is 6.59. The van der Waals surface area contributed by atoms with E-state index in [1.165, 1.54) is 4.68 Å². The van der Waals surface area contributed by atoms with Crippen molar-refractivity contribution in [1.82, 2.24) is 19.4 Å². The van der Waals surface area contributed by atoms with Crippen LogP contribution in [0.15, 0.2) is 36.7 Å². The third kappa shape index (κ3) is 2.30. The molecule has 6 heteroatoms. The molecular formula is C15H18N6. The molecule has 0 bridgehead atoms. The van der Waals surface area contributed by atoms with Crippen LogP contribution < -0.4 is 11.6 Å². The van der Waals surface area contributed by atoms with Crippen molar-refractivity contribution in [2.45, 2.75) is 13.5 Å². The first-order valence-electron chi connectivity index (χ1n) is 6.73. The lowest BCUT2D eigenvalue weighted by molar-refractivity contribution is 0.776. The van der Waals surface area contributed by atoms with Gasteiger partial charge in [-0.1, -0.05) is 24.3 Å². The molecule has 0 aliphatic rings. The first-order chi connectivity index (χ1) is 10.1. The zero-order valence-corrected chi connectivity index (χ0v) is 12.1. The van der Waals surface area contributed by atoms with Crippen molar-refractivity contribution in [2.75, 3.05) is 5.84 Å². The molecule has 0 aliphatic carbocycles. The fourth-order valence-electron chi connectivity index (χ4n) is 2.38. The van der Waals surface area contributed by atoms with Crippen LogP contribution in [0.1, 0.15) is 11.4 Å². The van der Waals surface area contributed by atoms with Gasteiger partial charge in [0.15, 0.2) is 0 Å². The molecule has 2 aromatic heterocycles. The average Bonchev–Trinajstić information content (AvgIpc) is 3.02. The summed E-state index contributed by atoms with van der Waals surface area (Å²) in [7, 11) is 1.92. The van der Waals surface area contributed by atoms with Gasteiger partial charge in [-0.05, 0) is 12.5 Å². The van der Waals surface area contributed by atoms with Crippen LogP contribution in [0, 0.1) is 6.92 Å². The van der Waals surface area contributed by atoms with E-state index in [1.54, 1.807) is 0 Å². The summed E-state index contributed by atoms with van der Waals surface area (Å²) in [6, 6.07) is 8.15. The third-order valence-corrected chi connectivity index (χ3v) is 3.60. The standard InChI is InChI=1S/C15H18N6/c1-10-19-14(9-21(10)17)13-8-18-20(2)15(13)12-5-3-11(7-16)4-6-12/h3-6,8-9H,7,16-17H2,1-2H3. The summed E-state index contributed by atoms with van der Waals surface area (Å²) >= 11 is 0. The monoisotopic (exact) mass is 282 g/mol. The van der Waals surface area contributed by atoms with Crippen LogP contribution >= 0.6 is 0 Å². The highest BCUT2D eigenvalue weighted by atomic mass is 15.3. The molecule has 3 aromatic rings. The SMILES string of the molecule is Cc1nc(-c2cnn(C)c2-c2ccc(CN)cc2)cn1N. The molecule has 108 valence electrons. The topological polar surface area (TPSA) is 87.7 Å². The second-order valence-electron chi connectivity index (χ2n) is 5.01. The van der Waals surface area contributed by atoms with Crippen LogP contribution in [0.4, 0.5) is 0 Å². The molecule has 0 radical (unpaired) electrons. The fraction of sp³-hybridized carbons (Fsp3) is 0.200. The van der Waals surface area contributed by atoms with Crippen molar-refractivity contribution in [3.05, 3.63) is 48.0 Å². The number of nitrogen functional groups attached to an aromatic ring is 1. The minimum absolute atomic E-state index is 0.537. The Bertz CT molecular complexity index is 747. The quantitative estimate of drug-likeness (QED) is 0.711. The molecule has 0 spiro atoms. The zero-order chi connectivity index (χ0) is 15.0. The maximum atomic E-state index is 5.82. The maximum absolute atomic E-state index is 5.82. The van der Waals surface area contributed by atoms with Crippen LogP contribution in [0.3, 0.4) is 0 Å². The predicted octanol–water partition coefficient (Wildman–Crippen LogP) is 1.43. The summed E-state index contributed by atoms with van der Waals surface area (Å²) in [6.45, 7) is 2.41. The van der Waals surface area contributed by atoms with Crippen LogP contribution in [-0.4, -0.2) is 19.4 Å². The predicted molar refractivity (Wildman–Crippen MR) is 82.6 cm³/mol. The van der Waals surface area contributed by atoms with E-state index in [2.05, 4.69) is 22.2 Å². The van der Waals surface area contributed by atoms with Gasteiger partial charge in [-0.15, -0.1) is 0 Å². The van der Waals surface area contributed by atoms with E-state index in [1.807, 2.05) is 43.2 Å². The lowest BCUT2D eigenvalue weighted by Gasteiger charge is -2.06. The van der Waals surface area contributed by atoms with Gasteiger partial charge in [0, 0.05) is 24.7 Å². The second-order valence-corrected chi connectivity index (χ2v) is 5.01. The maximum Gasteiger partial charge on any atom is 0.124 e. The number of benzene rings is 1. The lowest BCUT2D eigenvalue weighted by Crippen LogP contribution is -2.07. The first-order valence-corrected chi connectivity index (χ1v) is 6.73. The molecule has 2 heterocycles. The van der Waals surface area contributed by atoms with E-state index in [0.717, 1.165) is 33.9 Å². The van der Waals surface area contributed by atoms with Gasteiger partial charge in [0.25, 0.3) is 0 Å². The Morgan fingerprint density at radius 1 is 1.19 bits per heavy atom. The van der Waals surface area contributed by atoms with Crippen molar-refractivity contribution in [3.8, 4) is 22.5 Å². The highest BCUT2D eigenvalue weighted by molar-refractivity contribution is 5.79. The summed E-state index contributed by atoms with van der Waals surface area (Å²) in [4.78, 5) is 4.48. The number of nitrogens with two attached hydrogens (primary N) is 2.